The van der Waals surface area contributed by atoms with Crippen molar-refractivity contribution in [3.8, 4) is 0 Å². The minimum absolute atomic E-state index is 0.0110. The van der Waals surface area contributed by atoms with E-state index >= 15 is 0 Å². The molecular weight excluding hydrogens is 146 g/mol. The van der Waals surface area contributed by atoms with Gasteiger partial charge >= 0.3 is 0 Å². The quantitative estimate of drug-likeness (QED) is 0.274. The summed E-state index contributed by atoms with van der Waals surface area (Å²) in [6, 6.07) is 0. The predicted octanol–water partition coefficient (Wildman–Crippen LogP) is -0.995. The van der Waals surface area contributed by atoms with Crippen molar-refractivity contribution in [2.24, 2.45) is 16.5 Å². The number of nitrogens with two attached hydrogens (primary N) is 2. The molecule has 1 atom stereocenters. The Morgan fingerprint density at radius 2 is 2.27 bits per heavy atom. The van der Waals surface area contributed by atoms with Crippen molar-refractivity contribution in [1.29, 1.82) is 0 Å². The van der Waals surface area contributed by atoms with Gasteiger partial charge in [0.05, 0.1) is 6.10 Å². The average molecular weight is 161 g/mol. The summed E-state index contributed by atoms with van der Waals surface area (Å²) in [5, 5.41) is 8.34. The van der Waals surface area contributed by atoms with Crippen LogP contribution in [0.3, 0.4) is 0 Å². The zero-order chi connectivity index (χ0) is 8.69. The van der Waals surface area contributed by atoms with Gasteiger partial charge in [-0.2, -0.15) is 0 Å². The third-order valence-electron chi connectivity index (χ3n) is 1.19. The van der Waals surface area contributed by atoms with E-state index in [4.69, 9.17) is 21.3 Å². The first-order chi connectivity index (χ1) is 5.16. The molecule has 0 heterocycles. The first-order valence-corrected chi connectivity index (χ1v) is 3.44. The van der Waals surface area contributed by atoms with Crippen LogP contribution in [-0.2, 0) is 4.74 Å². The molecule has 5 heteroatoms. The lowest BCUT2D eigenvalue weighted by Crippen LogP contribution is -2.23. The number of guanidine groups is 1. The number of aliphatic hydroxyl groups is 1. The molecule has 5 nitrogen and oxygen atoms in total. The summed E-state index contributed by atoms with van der Waals surface area (Å²) in [6.45, 7) is 2.12. The third kappa shape index (κ3) is 7.08. The number of hydrogen-bond acceptors (Lipinski definition) is 3. The summed E-state index contributed by atoms with van der Waals surface area (Å²) in [7, 11) is 0. The lowest BCUT2D eigenvalue weighted by Gasteiger charge is -2.07. The fraction of sp³-hybridized carbons (Fsp3) is 0.833. The van der Waals surface area contributed by atoms with Crippen molar-refractivity contribution in [2.45, 2.75) is 19.4 Å². The van der Waals surface area contributed by atoms with Crippen LogP contribution in [0.25, 0.3) is 0 Å². The van der Waals surface area contributed by atoms with Crippen LogP contribution in [0.15, 0.2) is 4.99 Å². The van der Waals surface area contributed by atoms with E-state index in [1.54, 1.807) is 0 Å². The van der Waals surface area contributed by atoms with Gasteiger partial charge in [0.1, 0.15) is 6.79 Å². The van der Waals surface area contributed by atoms with Crippen molar-refractivity contribution in [3.63, 3.8) is 0 Å². The molecule has 0 radical (unpaired) electrons. The van der Waals surface area contributed by atoms with E-state index in [9.17, 15) is 0 Å². The van der Waals surface area contributed by atoms with Crippen LogP contribution in [-0.4, -0.2) is 30.5 Å². The van der Waals surface area contributed by atoms with Crippen LogP contribution in [0.5, 0.6) is 0 Å². The Hall–Kier alpha value is -0.810. The monoisotopic (exact) mass is 161 g/mol. The number of aliphatic imine (C=N–C) groups is 1. The Kier molecular flexibility index (Phi) is 5.50. The Morgan fingerprint density at radius 1 is 1.64 bits per heavy atom. The molecule has 0 spiro atoms. The first kappa shape index (κ1) is 10.2. The summed E-state index contributed by atoms with van der Waals surface area (Å²) >= 11 is 0. The first-order valence-electron chi connectivity index (χ1n) is 3.44. The number of nitrogens with zero attached hydrogens (tertiary/aromatic N) is 1. The Labute approximate surface area is 66.0 Å². The minimum Gasteiger partial charge on any atom is -0.371 e. The lowest BCUT2D eigenvalue weighted by molar-refractivity contribution is -0.0439. The van der Waals surface area contributed by atoms with Gasteiger partial charge in [-0.3, -0.25) is 4.99 Å². The standard InChI is InChI=1S/C6H15N3O2/c1-5(11-4-10)2-3-9-6(7)8/h5,10H,2-4H2,1H3,(H4,7,8,9). The summed E-state index contributed by atoms with van der Waals surface area (Å²) in [4.78, 5) is 3.76. The second-order valence-corrected chi connectivity index (χ2v) is 2.20. The van der Waals surface area contributed by atoms with Gasteiger partial charge < -0.3 is 21.3 Å². The molecule has 11 heavy (non-hydrogen) atoms. The molecule has 0 bridgehead atoms. The molecule has 0 aliphatic heterocycles. The topological polar surface area (TPSA) is 93.9 Å². The average Bonchev–Trinajstić information content (AvgIpc) is 1.87. The van der Waals surface area contributed by atoms with Crippen molar-refractivity contribution in [2.75, 3.05) is 13.3 Å². The lowest BCUT2D eigenvalue weighted by atomic mass is 10.3. The van der Waals surface area contributed by atoms with Gasteiger partial charge in [0.2, 0.25) is 0 Å². The molecule has 0 aliphatic rings. The van der Waals surface area contributed by atoms with Crippen LogP contribution in [0.2, 0.25) is 0 Å². The molecule has 0 aromatic carbocycles. The highest BCUT2D eigenvalue weighted by molar-refractivity contribution is 5.75. The normalized spacial score (nSPS) is 12.5. The summed E-state index contributed by atoms with van der Waals surface area (Å²) < 4.78 is 4.83. The Bertz CT molecular complexity index is 123. The van der Waals surface area contributed by atoms with Gasteiger partial charge in [-0.25, -0.2) is 0 Å². The zero-order valence-corrected chi connectivity index (χ0v) is 6.66. The Balaban J connectivity index is 3.31. The van der Waals surface area contributed by atoms with Gasteiger partial charge in [0.25, 0.3) is 0 Å². The van der Waals surface area contributed by atoms with Gasteiger partial charge in [0, 0.05) is 6.54 Å². The summed E-state index contributed by atoms with van der Waals surface area (Å²) in [5.74, 6) is 0.0844. The fourth-order valence-corrected chi connectivity index (χ4v) is 0.586. The van der Waals surface area contributed by atoms with E-state index in [0.717, 1.165) is 0 Å². The molecule has 1 unspecified atom stereocenters. The summed E-state index contributed by atoms with van der Waals surface area (Å²) in [5.41, 5.74) is 10.2. The van der Waals surface area contributed by atoms with Gasteiger partial charge in [-0.15, -0.1) is 0 Å². The van der Waals surface area contributed by atoms with Crippen LogP contribution in [0.4, 0.5) is 0 Å². The molecule has 5 N–H and O–H groups in total. The van der Waals surface area contributed by atoms with E-state index in [1.165, 1.54) is 0 Å². The molecular formula is C6H15N3O2. The smallest absolute Gasteiger partial charge is 0.185 e. The van der Waals surface area contributed by atoms with Gasteiger partial charge in [-0.1, -0.05) is 0 Å². The molecule has 0 aromatic heterocycles. The summed E-state index contributed by atoms with van der Waals surface area (Å²) in [6.07, 6.45) is 0.696. The highest BCUT2D eigenvalue weighted by atomic mass is 16.6. The maximum atomic E-state index is 8.34. The van der Waals surface area contributed by atoms with Crippen LogP contribution >= 0.6 is 0 Å². The van der Waals surface area contributed by atoms with Crippen molar-refractivity contribution < 1.29 is 9.84 Å². The molecule has 0 saturated heterocycles. The minimum atomic E-state index is -0.261. The number of ether oxygens (including phenoxy) is 1. The van der Waals surface area contributed by atoms with E-state index in [2.05, 4.69) is 4.99 Å². The van der Waals surface area contributed by atoms with E-state index in [-0.39, 0.29) is 18.9 Å². The highest BCUT2D eigenvalue weighted by Gasteiger charge is 1.98. The van der Waals surface area contributed by atoms with E-state index < -0.39 is 0 Å². The molecule has 0 rings (SSSR count). The van der Waals surface area contributed by atoms with Crippen LogP contribution < -0.4 is 11.5 Å². The Morgan fingerprint density at radius 3 is 2.73 bits per heavy atom. The molecule has 0 amide bonds. The molecule has 0 aliphatic carbocycles. The SMILES string of the molecule is CC(CCN=C(N)N)OCO. The third-order valence-corrected chi connectivity index (χ3v) is 1.19. The van der Waals surface area contributed by atoms with E-state index in [0.29, 0.717) is 13.0 Å². The number of rotatable bonds is 5. The maximum Gasteiger partial charge on any atom is 0.185 e. The second-order valence-electron chi connectivity index (χ2n) is 2.20. The van der Waals surface area contributed by atoms with E-state index in [1.807, 2.05) is 6.92 Å². The number of aliphatic hydroxyl groups excluding tert-OH is 1. The predicted molar refractivity (Wildman–Crippen MR) is 42.9 cm³/mol. The highest BCUT2D eigenvalue weighted by Crippen LogP contribution is 1.95. The second kappa shape index (κ2) is 5.94. The largest absolute Gasteiger partial charge is 0.371 e. The fourth-order valence-electron chi connectivity index (χ4n) is 0.586. The van der Waals surface area contributed by atoms with Gasteiger partial charge in [-0.05, 0) is 13.3 Å². The van der Waals surface area contributed by atoms with Crippen molar-refractivity contribution >= 4 is 5.96 Å². The maximum absolute atomic E-state index is 8.34. The zero-order valence-electron chi connectivity index (χ0n) is 6.66. The number of hydrogen-bond donors (Lipinski definition) is 3. The molecule has 0 aromatic rings. The van der Waals surface area contributed by atoms with Crippen LogP contribution in [0.1, 0.15) is 13.3 Å². The molecule has 0 fully saturated rings. The van der Waals surface area contributed by atoms with Crippen LogP contribution in [0, 0.1) is 0 Å². The van der Waals surface area contributed by atoms with Crippen molar-refractivity contribution in [1.82, 2.24) is 0 Å². The molecule has 0 saturated carbocycles. The molecule has 66 valence electrons. The van der Waals surface area contributed by atoms with Gasteiger partial charge in [0.15, 0.2) is 5.96 Å². The van der Waals surface area contributed by atoms with Crippen molar-refractivity contribution in [3.05, 3.63) is 0 Å².